The van der Waals surface area contributed by atoms with Gasteiger partial charge < -0.3 is 14.8 Å². The van der Waals surface area contributed by atoms with Crippen molar-refractivity contribution in [2.24, 2.45) is 5.92 Å². The number of ether oxygens (including phenoxy) is 2. The first-order valence-electron chi connectivity index (χ1n) is 8.17. The first kappa shape index (κ1) is 15.5. The van der Waals surface area contributed by atoms with Crippen LogP contribution in [0, 0.1) is 5.92 Å². The summed E-state index contributed by atoms with van der Waals surface area (Å²) >= 11 is 5.94. The lowest BCUT2D eigenvalue weighted by Gasteiger charge is -2.18. The first-order chi connectivity index (χ1) is 11.7. The van der Waals surface area contributed by atoms with Gasteiger partial charge in [0.15, 0.2) is 0 Å². The third-order valence-electron chi connectivity index (χ3n) is 4.60. The normalized spacial score (nSPS) is 24.8. The summed E-state index contributed by atoms with van der Waals surface area (Å²) in [5.41, 5.74) is 0.765. The van der Waals surface area contributed by atoms with E-state index < -0.39 is 0 Å². The number of halogens is 1. The molecular formula is C19H18ClNO3. The van der Waals surface area contributed by atoms with E-state index in [0.29, 0.717) is 16.5 Å². The fourth-order valence-corrected chi connectivity index (χ4v) is 3.60. The van der Waals surface area contributed by atoms with Crippen LogP contribution in [0.5, 0.6) is 11.5 Å². The number of fused-ring (bicyclic) bond motifs is 2. The number of carbonyl (C=O) groups excluding carboxylic acids is 1. The van der Waals surface area contributed by atoms with Crippen LogP contribution in [-0.2, 0) is 9.53 Å². The molecule has 4 nitrogen and oxygen atoms in total. The van der Waals surface area contributed by atoms with E-state index in [-0.39, 0.29) is 24.0 Å². The number of rotatable bonds is 4. The lowest BCUT2D eigenvalue weighted by atomic mass is 9.88. The van der Waals surface area contributed by atoms with Gasteiger partial charge in [-0.1, -0.05) is 17.7 Å². The molecule has 3 atom stereocenters. The van der Waals surface area contributed by atoms with E-state index in [4.69, 9.17) is 21.1 Å². The van der Waals surface area contributed by atoms with Crippen molar-refractivity contribution in [1.29, 1.82) is 0 Å². The van der Waals surface area contributed by atoms with Crippen molar-refractivity contribution < 1.29 is 14.3 Å². The Bertz CT molecular complexity index is 747. The summed E-state index contributed by atoms with van der Waals surface area (Å²) < 4.78 is 11.5. The second-order valence-corrected chi connectivity index (χ2v) is 6.73. The highest BCUT2D eigenvalue weighted by Crippen LogP contribution is 2.39. The SMILES string of the molecule is O=C(Nc1ccc(Oc2cccc(Cl)c2)cc1)C1CC2CCC1O2. The molecule has 0 aliphatic carbocycles. The molecule has 2 heterocycles. The Morgan fingerprint density at radius 3 is 2.62 bits per heavy atom. The minimum atomic E-state index is -0.0221. The zero-order chi connectivity index (χ0) is 16.5. The quantitative estimate of drug-likeness (QED) is 0.879. The molecular weight excluding hydrogens is 326 g/mol. The molecule has 0 aromatic heterocycles. The van der Waals surface area contributed by atoms with Gasteiger partial charge in [-0.15, -0.1) is 0 Å². The van der Waals surface area contributed by atoms with Crippen LogP contribution >= 0.6 is 11.6 Å². The number of nitrogens with one attached hydrogen (secondary N) is 1. The van der Waals surface area contributed by atoms with Crippen molar-refractivity contribution >= 4 is 23.2 Å². The number of carbonyl (C=O) groups is 1. The van der Waals surface area contributed by atoms with E-state index in [1.165, 1.54) is 0 Å². The Balaban J connectivity index is 1.38. The second kappa shape index (κ2) is 6.46. The van der Waals surface area contributed by atoms with Crippen molar-refractivity contribution in [3.05, 3.63) is 53.6 Å². The van der Waals surface area contributed by atoms with Gasteiger partial charge in [-0.2, -0.15) is 0 Å². The summed E-state index contributed by atoms with van der Waals surface area (Å²) in [5.74, 6) is 1.40. The lowest BCUT2D eigenvalue weighted by molar-refractivity contribution is -0.121. The van der Waals surface area contributed by atoms with Gasteiger partial charge in [0.05, 0.1) is 18.1 Å². The minimum absolute atomic E-state index is 0.0221. The van der Waals surface area contributed by atoms with Gasteiger partial charge in [-0.05, 0) is 61.7 Å². The first-order valence-corrected chi connectivity index (χ1v) is 8.55. The average Bonchev–Trinajstić information content (AvgIpc) is 3.20. The maximum atomic E-state index is 12.4. The van der Waals surface area contributed by atoms with Crippen molar-refractivity contribution in [3.8, 4) is 11.5 Å². The lowest BCUT2D eigenvalue weighted by Crippen LogP contribution is -2.30. The highest BCUT2D eigenvalue weighted by Gasteiger charge is 2.44. The van der Waals surface area contributed by atoms with E-state index in [9.17, 15) is 4.79 Å². The van der Waals surface area contributed by atoms with Gasteiger partial charge >= 0.3 is 0 Å². The number of hydrogen-bond acceptors (Lipinski definition) is 3. The van der Waals surface area contributed by atoms with E-state index in [0.717, 1.165) is 24.9 Å². The Labute approximate surface area is 145 Å². The van der Waals surface area contributed by atoms with E-state index in [1.807, 2.05) is 36.4 Å². The molecule has 2 bridgehead atoms. The summed E-state index contributed by atoms with van der Waals surface area (Å²) in [6.45, 7) is 0. The zero-order valence-electron chi connectivity index (χ0n) is 13.1. The van der Waals surface area contributed by atoms with E-state index in [2.05, 4.69) is 5.32 Å². The molecule has 2 fully saturated rings. The molecule has 0 spiro atoms. The largest absolute Gasteiger partial charge is 0.457 e. The predicted octanol–water partition coefficient (Wildman–Crippen LogP) is 4.64. The molecule has 2 aromatic carbocycles. The molecule has 3 unspecified atom stereocenters. The van der Waals surface area contributed by atoms with Crippen LogP contribution in [0.4, 0.5) is 5.69 Å². The summed E-state index contributed by atoms with van der Waals surface area (Å²) in [6.07, 6.45) is 3.30. The molecule has 4 rings (SSSR count). The van der Waals surface area contributed by atoms with Crippen molar-refractivity contribution in [3.63, 3.8) is 0 Å². The fraction of sp³-hybridized carbons (Fsp3) is 0.316. The predicted molar refractivity (Wildman–Crippen MR) is 92.6 cm³/mol. The summed E-state index contributed by atoms with van der Waals surface area (Å²) in [6, 6.07) is 14.6. The minimum Gasteiger partial charge on any atom is -0.457 e. The van der Waals surface area contributed by atoms with Crippen LogP contribution in [0.15, 0.2) is 48.5 Å². The highest BCUT2D eigenvalue weighted by atomic mass is 35.5. The van der Waals surface area contributed by atoms with Crippen LogP contribution in [0.2, 0.25) is 5.02 Å². The monoisotopic (exact) mass is 343 g/mol. The molecule has 24 heavy (non-hydrogen) atoms. The Morgan fingerprint density at radius 1 is 1.12 bits per heavy atom. The van der Waals surface area contributed by atoms with Gasteiger partial charge in [0.1, 0.15) is 11.5 Å². The van der Waals surface area contributed by atoms with Gasteiger partial charge in [0.2, 0.25) is 5.91 Å². The van der Waals surface area contributed by atoms with Crippen molar-refractivity contribution in [2.75, 3.05) is 5.32 Å². The van der Waals surface area contributed by atoms with Crippen LogP contribution in [0.25, 0.3) is 0 Å². The van der Waals surface area contributed by atoms with Crippen LogP contribution in [0.1, 0.15) is 19.3 Å². The molecule has 2 saturated heterocycles. The maximum absolute atomic E-state index is 12.4. The van der Waals surface area contributed by atoms with Crippen LogP contribution < -0.4 is 10.1 Å². The summed E-state index contributed by atoms with van der Waals surface area (Å²) in [4.78, 5) is 12.4. The Hall–Kier alpha value is -2.04. The van der Waals surface area contributed by atoms with Crippen LogP contribution in [0.3, 0.4) is 0 Å². The van der Waals surface area contributed by atoms with Gasteiger partial charge in [0, 0.05) is 10.7 Å². The maximum Gasteiger partial charge on any atom is 0.230 e. The molecule has 2 aliphatic heterocycles. The van der Waals surface area contributed by atoms with Crippen molar-refractivity contribution in [1.82, 2.24) is 0 Å². The second-order valence-electron chi connectivity index (χ2n) is 6.29. The average molecular weight is 344 g/mol. The molecule has 1 N–H and O–H groups in total. The fourth-order valence-electron chi connectivity index (χ4n) is 3.42. The third-order valence-corrected chi connectivity index (χ3v) is 4.83. The smallest absolute Gasteiger partial charge is 0.230 e. The van der Waals surface area contributed by atoms with Gasteiger partial charge in [-0.25, -0.2) is 0 Å². The number of amides is 1. The molecule has 2 aromatic rings. The number of benzene rings is 2. The zero-order valence-corrected chi connectivity index (χ0v) is 13.8. The van der Waals surface area contributed by atoms with Gasteiger partial charge in [-0.3, -0.25) is 4.79 Å². The van der Waals surface area contributed by atoms with E-state index >= 15 is 0 Å². The summed E-state index contributed by atoms with van der Waals surface area (Å²) in [5, 5.41) is 3.60. The Morgan fingerprint density at radius 2 is 1.96 bits per heavy atom. The standard InChI is InChI=1S/C19H18ClNO3/c20-12-2-1-3-15(10-12)23-14-6-4-13(5-7-14)21-19(22)17-11-16-8-9-18(17)24-16/h1-7,10,16-18H,8-9,11H2,(H,21,22). The molecule has 1 amide bonds. The molecule has 2 aliphatic rings. The van der Waals surface area contributed by atoms with E-state index in [1.54, 1.807) is 12.1 Å². The molecule has 0 radical (unpaired) electrons. The summed E-state index contributed by atoms with van der Waals surface area (Å²) in [7, 11) is 0. The molecule has 0 saturated carbocycles. The highest BCUT2D eigenvalue weighted by molar-refractivity contribution is 6.30. The number of anilines is 1. The topological polar surface area (TPSA) is 47.6 Å². The number of hydrogen-bond donors (Lipinski definition) is 1. The molecule has 124 valence electrons. The Kier molecular flexibility index (Phi) is 4.17. The van der Waals surface area contributed by atoms with Crippen LogP contribution in [-0.4, -0.2) is 18.1 Å². The van der Waals surface area contributed by atoms with Crippen molar-refractivity contribution in [2.45, 2.75) is 31.5 Å². The molecule has 5 heteroatoms. The third kappa shape index (κ3) is 3.25. The van der Waals surface area contributed by atoms with Gasteiger partial charge in [0.25, 0.3) is 0 Å².